The Morgan fingerprint density at radius 3 is 2.74 bits per heavy atom. The van der Waals surface area contributed by atoms with Gasteiger partial charge in [-0.25, -0.2) is 4.39 Å². The minimum Gasteiger partial charge on any atom is -0.454 e. The second-order valence-corrected chi connectivity index (χ2v) is 6.82. The van der Waals surface area contributed by atoms with Crippen LogP contribution in [0.4, 0.5) is 10.1 Å². The number of benzene rings is 2. The molecule has 1 aliphatic heterocycles. The van der Waals surface area contributed by atoms with E-state index in [1.54, 1.807) is 29.3 Å². The van der Waals surface area contributed by atoms with Crippen LogP contribution < -0.4 is 9.64 Å². The third kappa shape index (κ3) is 3.25. The van der Waals surface area contributed by atoms with Crippen molar-refractivity contribution in [3.8, 4) is 11.5 Å². The number of hydrogen-bond donors (Lipinski definition) is 0. The number of pyridine rings is 1. The molecule has 4 rings (SSSR count). The first-order chi connectivity index (χ1) is 13.1. The van der Waals surface area contributed by atoms with Crippen LogP contribution in [0.1, 0.15) is 30.9 Å². The van der Waals surface area contributed by atoms with Gasteiger partial charge in [0.05, 0.1) is 5.52 Å². The van der Waals surface area contributed by atoms with Gasteiger partial charge in [-0.05, 0) is 61.2 Å². The van der Waals surface area contributed by atoms with Crippen LogP contribution in [0.3, 0.4) is 0 Å². The maximum absolute atomic E-state index is 14.6. The fraction of sp³-hybridized carbons (Fsp3) is 0.273. The number of hydrogen-bond acceptors (Lipinski definition) is 3. The van der Waals surface area contributed by atoms with E-state index in [-0.39, 0.29) is 11.7 Å². The van der Waals surface area contributed by atoms with Gasteiger partial charge in [0.2, 0.25) is 5.91 Å². The molecule has 5 heteroatoms. The average molecular weight is 364 g/mol. The number of fused-ring (bicyclic) bond motifs is 1. The molecule has 4 nitrogen and oxygen atoms in total. The van der Waals surface area contributed by atoms with E-state index < -0.39 is 5.82 Å². The summed E-state index contributed by atoms with van der Waals surface area (Å²) < 4.78 is 20.5. The summed E-state index contributed by atoms with van der Waals surface area (Å²) in [6.07, 6.45) is 3.89. The maximum Gasteiger partial charge on any atom is 0.227 e. The Labute approximate surface area is 157 Å². The molecule has 1 aliphatic rings. The van der Waals surface area contributed by atoms with E-state index >= 15 is 0 Å². The fourth-order valence-corrected chi connectivity index (χ4v) is 3.57. The highest BCUT2D eigenvalue weighted by Crippen LogP contribution is 2.34. The number of rotatable bonds is 4. The van der Waals surface area contributed by atoms with E-state index in [4.69, 9.17) is 4.74 Å². The largest absolute Gasteiger partial charge is 0.454 e. The van der Waals surface area contributed by atoms with Gasteiger partial charge < -0.3 is 9.64 Å². The van der Waals surface area contributed by atoms with Crippen LogP contribution >= 0.6 is 0 Å². The van der Waals surface area contributed by atoms with Crippen molar-refractivity contribution in [2.24, 2.45) is 0 Å². The van der Waals surface area contributed by atoms with Crippen molar-refractivity contribution in [3.63, 3.8) is 0 Å². The van der Waals surface area contributed by atoms with Crippen LogP contribution in [0.2, 0.25) is 0 Å². The molecule has 0 spiro atoms. The Kier molecular flexibility index (Phi) is 4.52. The molecule has 2 heterocycles. The average Bonchev–Trinajstić information content (AvgIpc) is 3.09. The molecule has 0 N–H and O–H groups in total. The molecule has 0 radical (unpaired) electrons. The first-order valence-corrected chi connectivity index (χ1v) is 9.23. The molecule has 0 aliphatic carbocycles. The predicted molar refractivity (Wildman–Crippen MR) is 104 cm³/mol. The van der Waals surface area contributed by atoms with Gasteiger partial charge in [0.15, 0.2) is 11.6 Å². The topological polar surface area (TPSA) is 42.4 Å². The number of nitrogens with zero attached hydrogens (tertiary/aromatic N) is 2. The van der Waals surface area contributed by atoms with Crippen molar-refractivity contribution < 1.29 is 13.9 Å². The van der Waals surface area contributed by atoms with Gasteiger partial charge in [-0.3, -0.25) is 9.78 Å². The maximum atomic E-state index is 14.6. The number of ether oxygens (including phenoxy) is 1. The van der Waals surface area contributed by atoms with E-state index in [0.717, 1.165) is 23.7 Å². The van der Waals surface area contributed by atoms with E-state index in [9.17, 15) is 9.18 Å². The molecular weight excluding hydrogens is 343 g/mol. The molecule has 1 saturated heterocycles. The lowest BCUT2D eigenvalue weighted by molar-refractivity contribution is -0.117. The Morgan fingerprint density at radius 2 is 2.04 bits per heavy atom. The number of aryl methyl sites for hydroxylation is 2. The molecule has 1 fully saturated rings. The van der Waals surface area contributed by atoms with Crippen molar-refractivity contribution in [3.05, 3.63) is 59.5 Å². The summed E-state index contributed by atoms with van der Waals surface area (Å²) in [6.45, 7) is 4.79. The SMILES string of the molecule is CCc1cc2c(Oc3ccc(N4CCCC4=O)cc3F)ccnc2cc1C. The highest BCUT2D eigenvalue weighted by Gasteiger charge is 2.22. The van der Waals surface area contributed by atoms with Gasteiger partial charge in [-0.1, -0.05) is 6.92 Å². The zero-order valence-corrected chi connectivity index (χ0v) is 15.5. The van der Waals surface area contributed by atoms with Gasteiger partial charge in [-0.15, -0.1) is 0 Å². The molecule has 0 unspecified atom stereocenters. The second-order valence-electron chi connectivity index (χ2n) is 6.82. The number of amides is 1. The third-order valence-corrected chi connectivity index (χ3v) is 5.06. The van der Waals surface area contributed by atoms with Crippen LogP contribution in [-0.4, -0.2) is 17.4 Å². The Hall–Kier alpha value is -2.95. The van der Waals surface area contributed by atoms with Gasteiger partial charge in [0, 0.05) is 36.3 Å². The Bertz CT molecular complexity index is 1030. The van der Waals surface area contributed by atoms with E-state index in [1.165, 1.54) is 17.2 Å². The molecule has 138 valence electrons. The number of halogens is 1. The van der Waals surface area contributed by atoms with Crippen LogP contribution in [0, 0.1) is 12.7 Å². The summed E-state index contributed by atoms with van der Waals surface area (Å²) in [6, 6.07) is 10.5. The Morgan fingerprint density at radius 1 is 1.19 bits per heavy atom. The van der Waals surface area contributed by atoms with Gasteiger partial charge >= 0.3 is 0 Å². The normalized spacial score (nSPS) is 14.2. The zero-order valence-electron chi connectivity index (χ0n) is 15.5. The lowest BCUT2D eigenvalue weighted by Gasteiger charge is -2.17. The van der Waals surface area contributed by atoms with Gasteiger partial charge in [0.25, 0.3) is 0 Å². The monoisotopic (exact) mass is 364 g/mol. The van der Waals surface area contributed by atoms with Crippen molar-refractivity contribution in [2.75, 3.05) is 11.4 Å². The third-order valence-electron chi connectivity index (χ3n) is 5.06. The molecule has 0 atom stereocenters. The lowest BCUT2D eigenvalue weighted by Crippen LogP contribution is -2.23. The Balaban J connectivity index is 1.69. The minimum atomic E-state index is -0.486. The molecule has 27 heavy (non-hydrogen) atoms. The quantitative estimate of drug-likeness (QED) is 0.642. The highest BCUT2D eigenvalue weighted by molar-refractivity contribution is 5.95. The van der Waals surface area contributed by atoms with Crippen LogP contribution in [0.25, 0.3) is 10.9 Å². The molecule has 0 saturated carbocycles. The summed E-state index contributed by atoms with van der Waals surface area (Å²) in [4.78, 5) is 17.9. The van der Waals surface area contributed by atoms with E-state index in [0.29, 0.717) is 24.4 Å². The van der Waals surface area contributed by atoms with Crippen LogP contribution in [0.5, 0.6) is 11.5 Å². The van der Waals surface area contributed by atoms with E-state index in [2.05, 4.69) is 24.9 Å². The molecule has 1 amide bonds. The predicted octanol–water partition coefficient (Wildman–Crippen LogP) is 5.16. The first kappa shape index (κ1) is 17.5. The van der Waals surface area contributed by atoms with Crippen molar-refractivity contribution >= 4 is 22.5 Å². The zero-order chi connectivity index (χ0) is 19.0. The van der Waals surface area contributed by atoms with Crippen molar-refractivity contribution in [1.82, 2.24) is 4.98 Å². The number of aromatic nitrogens is 1. The minimum absolute atomic E-state index is 0.0330. The van der Waals surface area contributed by atoms with Crippen LogP contribution in [0.15, 0.2) is 42.6 Å². The molecular formula is C22H21FN2O2. The van der Waals surface area contributed by atoms with Crippen molar-refractivity contribution in [1.29, 1.82) is 0 Å². The summed E-state index contributed by atoms with van der Waals surface area (Å²) in [7, 11) is 0. The summed E-state index contributed by atoms with van der Waals surface area (Å²) in [5.41, 5.74) is 3.79. The molecule has 1 aromatic heterocycles. The second kappa shape index (κ2) is 6.99. The fourth-order valence-electron chi connectivity index (χ4n) is 3.57. The summed E-state index contributed by atoms with van der Waals surface area (Å²) in [5, 5.41) is 0.859. The van der Waals surface area contributed by atoms with Gasteiger partial charge in [0.1, 0.15) is 5.75 Å². The highest BCUT2D eigenvalue weighted by atomic mass is 19.1. The van der Waals surface area contributed by atoms with Crippen LogP contribution in [-0.2, 0) is 11.2 Å². The van der Waals surface area contributed by atoms with E-state index in [1.807, 2.05) is 6.07 Å². The molecule has 0 bridgehead atoms. The molecule has 2 aromatic carbocycles. The lowest BCUT2D eigenvalue weighted by atomic mass is 10.0. The standard InChI is InChI=1S/C22H21FN2O2/c1-3-15-12-17-19(11-14(15)2)24-9-8-20(17)27-21-7-6-16(13-18(21)23)25-10-4-5-22(25)26/h6-9,11-13H,3-5,10H2,1-2H3. The number of carbonyl (C=O) groups excluding carboxylic acids is 1. The first-order valence-electron chi connectivity index (χ1n) is 9.23. The number of carbonyl (C=O) groups is 1. The smallest absolute Gasteiger partial charge is 0.227 e. The number of anilines is 1. The van der Waals surface area contributed by atoms with Crippen molar-refractivity contribution in [2.45, 2.75) is 33.1 Å². The summed E-state index contributed by atoms with van der Waals surface area (Å²) in [5.74, 6) is 0.251. The molecule has 3 aromatic rings. The summed E-state index contributed by atoms with van der Waals surface area (Å²) >= 11 is 0. The van der Waals surface area contributed by atoms with Gasteiger partial charge in [-0.2, -0.15) is 0 Å².